The number of nitrogens with two attached hydrogens (primary N) is 1. The summed E-state index contributed by atoms with van der Waals surface area (Å²) < 4.78 is 18.3. The first-order valence-electron chi connectivity index (χ1n) is 5.07. The van der Waals surface area contributed by atoms with Gasteiger partial charge >= 0.3 is 0 Å². The Kier molecular flexibility index (Phi) is 3.49. The van der Waals surface area contributed by atoms with E-state index in [0.717, 1.165) is 5.56 Å². The third-order valence-corrected chi connectivity index (χ3v) is 2.59. The number of benzene rings is 2. The van der Waals surface area contributed by atoms with Gasteiger partial charge in [0, 0.05) is 6.07 Å². The quantitative estimate of drug-likeness (QED) is 0.846. The topological polar surface area (TPSA) is 35.2 Å². The highest BCUT2D eigenvalue weighted by Gasteiger charge is 2.00. The van der Waals surface area contributed by atoms with E-state index >= 15 is 0 Å². The second-order valence-electron chi connectivity index (χ2n) is 3.60. The molecule has 0 unspecified atom stereocenters. The standard InChI is InChI=1S/C13H11ClFNO/c14-12-6-9(4-5-13(12)16)8-17-11-3-1-2-10(15)7-11/h1-7H,8,16H2. The maximum atomic E-state index is 12.9. The lowest BCUT2D eigenvalue weighted by Gasteiger charge is -2.07. The summed E-state index contributed by atoms with van der Waals surface area (Å²) in [6.07, 6.45) is 0. The first-order chi connectivity index (χ1) is 8.15. The van der Waals surface area contributed by atoms with Crippen LogP contribution >= 0.6 is 11.6 Å². The van der Waals surface area contributed by atoms with Gasteiger partial charge in [0.05, 0.1) is 10.7 Å². The third kappa shape index (κ3) is 3.11. The largest absolute Gasteiger partial charge is 0.489 e. The van der Waals surface area contributed by atoms with Gasteiger partial charge in [-0.05, 0) is 29.8 Å². The van der Waals surface area contributed by atoms with Crippen LogP contribution in [-0.4, -0.2) is 0 Å². The van der Waals surface area contributed by atoms with Crippen molar-refractivity contribution in [1.82, 2.24) is 0 Å². The Hall–Kier alpha value is -1.74. The highest BCUT2D eigenvalue weighted by molar-refractivity contribution is 6.33. The maximum absolute atomic E-state index is 12.9. The van der Waals surface area contributed by atoms with Gasteiger partial charge in [-0.3, -0.25) is 0 Å². The third-order valence-electron chi connectivity index (χ3n) is 2.27. The lowest BCUT2D eigenvalue weighted by Crippen LogP contribution is -1.96. The van der Waals surface area contributed by atoms with Gasteiger partial charge < -0.3 is 10.5 Å². The number of anilines is 1. The summed E-state index contributed by atoms with van der Waals surface area (Å²) in [6, 6.07) is 11.3. The van der Waals surface area contributed by atoms with Crippen molar-refractivity contribution in [1.29, 1.82) is 0 Å². The van der Waals surface area contributed by atoms with Crippen LogP contribution in [0.3, 0.4) is 0 Å². The fourth-order valence-electron chi connectivity index (χ4n) is 1.38. The number of rotatable bonds is 3. The molecule has 88 valence electrons. The molecule has 2 nitrogen and oxygen atoms in total. The molecular weight excluding hydrogens is 241 g/mol. The second-order valence-corrected chi connectivity index (χ2v) is 4.01. The monoisotopic (exact) mass is 251 g/mol. The van der Waals surface area contributed by atoms with E-state index in [2.05, 4.69) is 0 Å². The summed E-state index contributed by atoms with van der Waals surface area (Å²) in [5.41, 5.74) is 7.01. The molecule has 0 heterocycles. The minimum atomic E-state index is -0.321. The van der Waals surface area contributed by atoms with E-state index in [1.807, 2.05) is 6.07 Å². The molecular formula is C13H11ClFNO. The molecule has 0 bridgehead atoms. The lowest BCUT2D eigenvalue weighted by atomic mass is 10.2. The Morgan fingerprint density at radius 2 is 2.00 bits per heavy atom. The molecule has 0 amide bonds. The van der Waals surface area contributed by atoms with Gasteiger partial charge in [0.1, 0.15) is 18.2 Å². The molecule has 0 radical (unpaired) electrons. The summed E-state index contributed by atoms with van der Waals surface area (Å²) in [4.78, 5) is 0. The van der Waals surface area contributed by atoms with Gasteiger partial charge in [-0.15, -0.1) is 0 Å². The van der Waals surface area contributed by atoms with E-state index in [1.165, 1.54) is 12.1 Å². The molecule has 0 atom stereocenters. The minimum absolute atomic E-state index is 0.321. The van der Waals surface area contributed by atoms with Crippen molar-refractivity contribution in [3.05, 3.63) is 58.9 Å². The van der Waals surface area contributed by atoms with E-state index < -0.39 is 0 Å². The van der Waals surface area contributed by atoms with Crippen molar-refractivity contribution >= 4 is 17.3 Å². The summed E-state index contributed by atoms with van der Waals surface area (Å²) >= 11 is 5.88. The fraction of sp³-hybridized carbons (Fsp3) is 0.0769. The highest BCUT2D eigenvalue weighted by atomic mass is 35.5. The number of halogens is 2. The van der Waals surface area contributed by atoms with Crippen molar-refractivity contribution in [2.24, 2.45) is 0 Å². The molecule has 0 spiro atoms. The molecule has 0 aliphatic rings. The fourth-order valence-corrected chi connectivity index (χ4v) is 1.59. The molecule has 4 heteroatoms. The van der Waals surface area contributed by atoms with Gasteiger partial charge in [0.2, 0.25) is 0 Å². The van der Waals surface area contributed by atoms with Crippen molar-refractivity contribution in [2.45, 2.75) is 6.61 Å². The van der Waals surface area contributed by atoms with Gasteiger partial charge in [-0.1, -0.05) is 23.7 Å². The highest BCUT2D eigenvalue weighted by Crippen LogP contribution is 2.21. The lowest BCUT2D eigenvalue weighted by molar-refractivity contribution is 0.304. The molecule has 0 aliphatic heterocycles. The zero-order valence-electron chi connectivity index (χ0n) is 8.99. The first kappa shape index (κ1) is 11.7. The molecule has 17 heavy (non-hydrogen) atoms. The van der Waals surface area contributed by atoms with Gasteiger partial charge in [-0.2, -0.15) is 0 Å². The summed E-state index contributed by atoms with van der Waals surface area (Å²) in [5.74, 6) is 0.163. The van der Waals surface area contributed by atoms with Crippen LogP contribution in [0.1, 0.15) is 5.56 Å². The zero-order chi connectivity index (χ0) is 12.3. The van der Waals surface area contributed by atoms with E-state index in [0.29, 0.717) is 23.1 Å². The van der Waals surface area contributed by atoms with E-state index in [-0.39, 0.29) is 5.82 Å². The molecule has 0 saturated carbocycles. The summed E-state index contributed by atoms with van der Waals surface area (Å²) in [7, 11) is 0. The van der Waals surface area contributed by atoms with Crippen LogP contribution in [-0.2, 0) is 6.61 Å². The SMILES string of the molecule is Nc1ccc(COc2cccc(F)c2)cc1Cl. The molecule has 0 saturated heterocycles. The Morgan fingerprint density at radius 3 is 2.71 bits per heavy atom. The van der Waals surface area contributed by atoms with Crippen molar-refractivity contribution in [2.75, 3.05) is 5.73 Å². The smallest absolute Gasteiger partial charge is 0.126 e. The second kappa shape index (κ2) is 5.06. The average Bonchev–Trinajstić information content (AvgIpc) is 2.31. The maximum Gasteiger partial charge on any atom is 0.126 e. The Morgan fingerprint density at radius 1 is 1.18 bits per heavy atom. The predicted octanol–water partition coefficient (Wildman–Crippen LogP) is 3.64. The van der Waals surface area contributed by atoms with Crippen LogP contribution in [0.25, 0.3) is 0 Å². The van der Waals surface area contributed by atoms with Crippen molar-refractivity contribution in [3.8, 4) is 5.75 Å². The van der Waals surface area contributed by atoms with Crippen LogP contribution in [0, 0.1) is 5.82 Å². The molecule has 0 aliphatic carbocycles. The predicted molar refractivity (Wildman–Crippen MR) is 66.6 cm³/mol. The number of hydrogen-bond acceptors (Lipinski definition) is 2. The van der Waals surface area contributed by atoms with E-state index in [4.69, 9.17) is 22.1 Å². The zero-order valence-corrected chi connectivity index (χ0v) is 9.75. The molecule has 2 rings (SSSR count). The van der Waals surface area contributed by atoms with Crippen LogP contribution in [0.2, 0.25) is 5.02 Å². The van der Waals surface area contributed by atoms with Crippen LogP contribution < -0.4 is 10.5 Å². The Bertz CT molecular complexity index is 531. The van der Waals surface area contributed by atoms with Gasteiger partial charge in [0.15, 0.2) is 0 Å². The molecule has 2 aromatic carbocycles. The van der Waals surface area contributed by atoms with E-state index in [9.17, 15) is 4.39 Å². The molecule has 0 aromatic heterocycles. The van der Waals surface area contributed by atoms with Crippen molar-refractivity contribution < 1.29 is 9.13 Å². The average molecular weight is 252 g/mol. The number of nitrogen functional groups attached to an aromatic ring is 1. The first-order valence-corrected chi connectivity index (χ1v) is 5.45. The summed E-state index contributed by atoms with van der Waals surface area (Å²) in [6.45, 7) is 0.323. The van der Waals surface area contributed by atoms with Crippen LogP contribution in [0.4, 0.5) is 10.1 Å². The Labute approximate surface area is 104 Å². The normalized spacial score (nSPS) is 10.2. The Balaban J connectivity index is 2.05. The number of hydrogen-bond donors (Lipinski definition) is 1. The van der Waals surface area contributed by atoms with Crippen LogP contribution in [0.15, 0.2) is 42.5 Å². The van der Waals surface area contributed by atoms with E-state index in [1.54, 1.807) is 24.3 Å². The van der Waals surface area contributed by atoms with Crippen LogP contribution in [0.5, 0.6) is 5.75 Å². The minimum Gasteiger partial charge on any atom is -0.489 e. The molecule has 2 aromatic rings. The van der Waals surface area contributed by atoms with Crippen molar-refractivity contribution in [3.63, 3.8) is 0 Å². The molecule has 0 fully saturated rings. The molecule has 2 N–H and O–H groups in total. The van der Waals surface area contributed by atoms with Gasteiger partial charge in [0.25, 0.3) is 0 Å². The summed E-state index contributed by atoms with van der Waals surface area (Å²) in [5, 5.41) is 0.491. The van der Waals surface area contributed by atoms with Gasteiger partial charge in [-0.25, -0.2) is 4.39 Å². The number of ether oxygens (including phenoxy) is 1.